The largest absolute Gasteiger partial charge is 0.501 e. The first-order valence-corrected chi connectivity index (χ1v) is 12.1. The van der Waals surface area contributed by atoms with Crippen LogP contribution in [0.3, 0.4) is 0 Å². The number of hydrogen-bond acceptors (Lipinski definition) is 8. The minimum absolute atomic E-state index is 0.00722. The molecule has 5 aromatic rings. The number of anilines is 1. The monoisotopic (exact) mass is 519 g/mol. The average Bonchev–Trinajstić information content (AvgIpc) is 3.39. The number of aromatic hydroxyl groups is 1. The SMILES string of the molecule is Cn1c(N2CCc3ccc(C(=O)O)cc3[C@@H]2c2ccccc2C#N)nc(-c2nc3ccccc3o2)c(O)c1=O. The number of para-hydroxylation sites is 2. The molecular weight excluding hydrogens is 498 g/mol. The number of rotatable bonds is 4. The normalized spacial score (nSPS) is 14.7. The van der Waals surface area contributed by atoms with Crippen molar-refractivity contribution < 1.29 is 19.4 Å². The Bertz CT molecular complexity index is 1850. The Balaban J connectivity index is 1.59. The third-order valence-corrected chi connectivity index (χ3v) is 6.99. The molecule has 192 valence electrons. The van der Waals surface area contributed by atoms with E-state index in [9.17, 15) is 25.1 Å². The van der Waals surface area contributed by atoms with Crippen molar-refractivity contribution in [3.63, 3.8) is 0 Å². The summed E-state index contributed by atoms with van der Waals surface area (Å²) in [5.74, 6) is -1.48. The van der Waals surface area contributed by atoms with E-state index in [-0.39, 0.29) is 23.1 Å². The van der Waals surface area contributed by atoms with Gasteiger partial charge in [0, 0.05) is 13.6 Å². The van der Waals surface area contributed by atoms with Crippen LogP contribution < -0.4 is 10.5 Å². The zero-order valence-electron chi connectivity index (χ0n) is 20.7. The first-order valence-electron chi connectivity index (χ1n) is 12.1. The van der Waals surface area contributed by atoms with Crippen LogP contribution in [0.15, 0.2) is 75.9 Å². The van der Waals surface area contributed by atoms with E-state index in [0.29, 0.717) is 40.8 Å². The van der Waals surface area contributed by atoms with Gasteiger partial charge in [0.1, 0.15) is 5.52 Å². The Hall–Kier alpha value is -5.43. The van der Waals surface area contributed by atoms with Crippen molar-refractivity contribution in [1.29, 1.82) is 5.26 Å². The van der Waals surface area contributed by atoms with Crippen LogP contribution >= 0.6 is 0 Å². The maximum atomic E-state index is 13.2. The number of fused-ring (bicyclic) bond motifs is 2. The number of aromatic carboxylic acids is 1. The molecule has 3 heterocycles. The summed E-state index contributed by atoms with van der Waals surface area (Å²) in [5.41, 5.74) is 2.98. The summed E-state index contributed by atoms with van der Waals surface area (Å²) in [5, 5.41) is 30.4. The van der Waals surface area contributed by atoms with Crippen molar-refractivity contribution in [2.75, 3.05) is 11.4 Å². The highest BCUT2D eigenvalue weighted by Gasteiger charge is 2.34. The summed E-state index contributed by atoms with van der Waals surface area (Å²) >= 11 is 0. The summed E-state index contributed by atoms with van der Waals surface area (Å²) in [7, 11) is 1.50. The number of nitrogens with zero attached hydrogens (tertiary/aromatic N) is 5. The smallest absolute Gasteiger partial charge is 0.335 e. The molecule has 2 N–H and O–H groups in total. The highest BCUT2D eigenvalue weighted by molar-refractivity contribution is 5.88. The predicted octanol–water partition coefficient (Wildman–Crippen LogP) is 4.02. The zero-order valence-corrected chi connectivity index (χ0v) is 20.7. The lowest BCUT2D eigenvalue weighted by Gasteiger charge is -2.39. The molecule has 1 aliphatic heterocycles. The Morgan fingerprint density at radius 2 is 1.85 bits per heavy atom. The number of carbonyl (C=O) groups is 1. The first kappa shape index (κ1) is 23.9. The van der Waals surface area contributed by atoms with E-state index in [4.69, 9.17) is 4.42 Å². The summed E-state index contributed by atoms with van der Waals surface area (Å²) in [6.07, 6.45) is 0.537. The van der Waals surface area contributed by atoms with Crippen molar-refractivity contribution in [2.45, 2.75) is 12.5 Å². The number of carboxylic acids is 1. The van der Waals surface area contributed by atoms with E-state index in [1.807, 2.05) is 4.90 Å². The van der Waals surface area contributed by atoms with E-state index in [2.05, 4.69) is 16.0 Å². The molecule has 0 bridgehead atoms. The third-order valence-electron chi connectivity index (χ3n) is 6.99. The number of nitriles is 1. The lowest BCUT2D eigenvalue weighted by atomic mass is 9.85. The van der Waals surface area contributed by atoms with Gasteiger partial charge in [-0.05, 0) is 53.4 Å². The van der Waals surface area contributed by atoms with Gasteiger partial charge in [-0.1, -0.05) is 36.4 Å². The van der Waals surface area contributed by atoms with Gasteiger partial charge in [-0.15, -0.1) is 0 Å². The molecule has 2 aromatic heterocycles. The second kappa shape index (κ2) is 9.15. The Morgan fingerprint density at radius 3 is 2.62 bits per heavy atom. The molecule has 10 nitrogen and oxygen atoms in total. The van der Waals surface area contributed by atoms with E-state index < -0.39 is 23.3 Å². The van der Waals surface area contributed by atoms with E-state index in [0.717, 1.165) is 5.56 Å². The number of carboxylic acid groups (broad SMARTS) is 1. The van der Waals surface area contributed by atoms with Gasteiger partial charge in [0.2, 0.25) is 11.7 Å². The van der Waals surface area contributed by atoms with Crippen molar-refractivity contribution in [3.05, 3.63) is 105 Å². The second-order valence-corrected chi connectivity index (χ2v) is 9.22. The average molecular weight is 520 g/mol. The lowest BCUT2D eigenvalue weighted by molar-refractivity contribution is 0.0696. The van der Waals surface area contributed by atoms with Crippen LogP contribution in [0.4, 0.5) is 5.95 Å². The first-order chi connectivity index (χ1) is 18.9. The van der Waals surface area contributed by atoms with Gasteiger partial charge in [-0.2, -0.15) is 5.26 Å². The molecule has 0 saturated heterocycles. The Labute approximate surface area is 221 Å². The molecule has 3 aromatic carbocycles. The Morgan fingerprint density at radius 1 is 1.08 bits per heavy atom. The van der Waals surface area contributed by atoms with Crippen LogP contribution in [0.25, 0.3) is 22.7 Å². The molecule has 0 amide bonds. The van der Waals surface area contributed by atoms with Crippen LogP contribution in [0.5, 0.6) is 5.75 Å². The van der Waals surface area contributed by atoms with Crippen molar-refractivity contribution in [2.24, 2.45) is 7.05 Å². The molecule has 0 spiro atoms. The van der Waals surface area contributed by atoms with Crippen LogP contribution in [0.2, 0.25) is 0 Å². The minimum atomic E-state index is -1.07. The van der Waals surface area contributed by atoms with Crippen LogP contribution in [0.1, 0.15) is 38.7 Å². The van der Waals surface area contributed by atoms with Gasteiger partial charge in [0.05, 0.1) is 23.2 Å². The fourth-order valence-electron chi connectivity index (χ4n) is 5.09. The quantitative estimate of drug-likeness (QED) is 0.359. The summed E-state index contributed by atoms with van der Waals surface area (Å²) in [6, 6.07) is 20.6. The molecule has 0 radical (unpaired) electrons. The Kier molecular flexibility index (Phi) is 5.61. The highest BCUT2D eigenvalue weighted by Crippen LogP contribution is 2.40. The molecule has 10 heteroatoms. The topological polar surface area (TPSA) is 145 Å². The molecule has 0 saturated carbocycles. The van der Waals surface area contributed by atoms with Gasteiger partial charge in [0.15, 0.2) is 11.3 Å². The maximum Gasteiger partial charge on any atom is 0.335 e. The lowest BCUT2D eigenvalue weighted by Crippen LogP contribution is -2.40. The summed E-state index contributed by atoms with van der Waals surface area (Å²) < 4.78 is 7.04. The van der Waals surface area contributed by atoms with Gasteiger partial charge >= 0.3 is 5.97 Å². The van der Waals surface area contributed by atoms with E-state index in [1.165, 1.54) is 11.6 Å². The number of aromatic nitrogens is 3. The fourth-order valence-corrected chi connectivity index (χ4v) is 5.09. The van der Waals surface area contributed by atoms with E-state index in [1.54, 1.807) is 66.7 Å². The van der Waals surface area contributed by atoms with Crippen molar-refractivity contribution in [3.8, 4) is 23.4 Å². The molecule has 0 fully saturated rings. The van der Waals surface area contributed by atoms with Gasteiger partial charge in [0.25, 0.3) is 11.4 Å². The summed E-state index contributed by atoms with van der Waals surface area (Å²) in [6.45, 7) is 0.405. The zero-order chi connectivity index (χ0) is 27.3. The molecule has 1 aliphatic rings. The van der Waals surface area contributed by atoms with Crippen LogP contribution in [-0.4, -0.2) is 37.3 Å². The fraction of sp³-hybridized carbons (Fsp3) is 0.138. The van der Waals surface area contributed by atoms with Crippen molar-refractivity contribution >= 4 is 23.0 Å². The molecule has 0 aliphatic carbocycles. The second-order valence-electron chi connectivity index (χ2n) is 9.22. The molecule has 0 unspecified atom stereocenters. The van der Waals surface area contributed by atoms with Gasteiger partial charge < -0.3 is 19.5 Å². The number of benzene rings is 3. The van der Waals surface area contributed by atoms with Crippen LogP contribution in [0, 0.1) is 11.3 Å². The van der Waals surface area contributed by atoms with E-state index >= 15 is 0 Å². The van der Waals surface area contributed by atoms with Gasteiger partial charge in [-0.3, -0.25) is 9.36 Å². The van der Waals surface area contributed by atoms with Gasteiger partial charge in [-0.25, -0.2) is 14.8 Å². The minimum Gasteiger partial charge on any atom is -0.501 e. The maximum absolute atomic E-state index is 13.2. The number of hydrogen-bond donors (Lipinski definition) is 2. The third kappa shape index (κ3) is 3.88. The molecule has 39 heavy (non-hydrogen) atoms. The molecule has 1 atom stereocenters. The molecule has 6 rings (SSSR count). The molecular formula is C29H21N5O5. The highest BCUT2D eigenvalue weighted by atomic mass is 16.4. The summed E-state index contributed by atoms with van der Waals surface area (Å²) in [4.78, 5) is 36.0. The predicted molar refractivity (Wildman–Crippen MR) is 142 cm³/mol. The number of oxazole rings is 1. The van der Waals surface area contributed by atoms with Crippen molar-refractivity contribution in [1.82, 2.24) is 14.5 Å². The van der Waals surface area contributed by atoms with Crippen LogP contribution in [-0.2, 0) is 13.5 Å². The standard InChI is InChI=1S/C29H21N5O5/c1-33-27(36)25(35)23(26-31-21-8-4-5-9-22(21)39-26)32-29(33)34-13-12-16-10-11-17(28(37)38)14-20(16)24(34)19-7-3-2-6-18(19)15-30/h2-11,14,24,35H,12-13H2,1H3,(H,37,38)/t24-/m0/s1.